The Hall–Kier alpha value is -2.39. The van der Waals surface area contributed by atoms with Crippen molar-refractivity contribution in [2.75, 3.05) is 14.1 Å². The number of hydrogen-bond donors (Lipinski definition) is 1. The molecule has 2 rings (SSSR count). The summed E-state index contributed by atoms with van der Waals surface area (Å²) in [6.07, 6.45) is 1.23. The van der Waals surface area contributed by atoms with Gasteiger partial charge in [0, 0.05) is 12.6 Å². The van der Waals surface area contributed by atoms with Crippen molar-refractivity contribution >= 4 is 11.5 Å². The molecule has 3 heteroatoms. The van der Waals surface area contributed by atoms with Gasteiger partial charge in [-0.15, -0.1) is 0 Å². The maximum Gasteiger partial charge on any atom is 0.328 e. The number of carboxylic acid groups (broad SMARTS) is 1. The van der Waals surface area contributed by atoms with E-state index in [2.05, 4.69) is 43.3 Å². The SMILES string of the molecule is C/C(=C\C(=O)O)c1ccc(-c2ccc(CN(C)C)cc2)cc1. The number of nitrogens with zero attached hydrogens (tertiary/aromatic N) is 1. The molecule has 2 aromatic rings. The second kappa shape index (κ2) is 7.05. The second-order valence-corrected chi connectivity index (χ2v) is 5.68. The lowest BCUT2D eigenvalue weighted by Gasteiger charge is -2.10. The fourth-order valence-electron chi connectivity index (χ4n) is 2.36. The number of benzene rings is 2. The maximum absolute atomic E-state index is 10.7. The summed E-state index contributed by atoms with van der Waals surface area (Å²) in [5.74, 6) is -0.918. The highest BCUT2D eigenvalue weighted by Crippen LogP contribution is 2.23. The van der Waals surface area contributed by atoms with Gasteiger partial charge in [-0.3, -0.25) is 0 Å². The van der Waals surface area contributed by atoms with E-state index in [4.69, 9.17) is 5.11 Å². The molecular weight excluding hydrogens is 274 g/mol. The Morgan fingerprint density at radius 3 is 1.95 bits per heavy atom. The first kappa shape index (κ1) is 16.0. The molecule has 3 nitrogen and oxygen atoms in total. The smallest absolute Gasteiger partial charge is 0.328 e. The van der Waals surface area contributed by atoms with Gasteiger partial charge in [-0.05, 0) is 48.8 Å². The lowest BCUT2D eigenvalue weighted by atomic mass is 10.00. The van der Waals surface area contributed by atoms with E-state index in [0.717, 1.165) is 28.8 Å². The molecule has 0 aliphatic carbocycles. The molecule has 0 radical (unpaired) electrons. The van der Waals surface area contributed by atoms with E-state index in [1.54, 1.807) is 6.92 Å². The van der Waals surface area contributed by atoms with Gasteiger partial charge in [-0.2, -0.15) is 0 Å². The normalized spacial score (nSPS) is 11.7. The Labute approximate surface area is 131 Å². The predicted molar refractivity (Wildman–Crippen MR) is 90.6 cm³/mol. The summed E-state index contributed by atoms with van der Waals surface area (Å²) in [6, 6.07) is 16.5. The Balaban J connectivity index is 2.18. The number of rotatable bonds is 5. The van der Waals surface area contributed by atoms with Crippen LogP contribution >= 0.6 is 0 Å². The Kier molecular flexibility index (Phi) is 5.12. The van der Waals surface area contributed by atoms with Crippen LogP contribution in [0.1, 0.15) is 18.1 Å². The van der Waals surface area contributed by atoms with Crippen LogP contribution in [-0.4, -0.2) is 30.1 Å². The van der Waals surface area contributed by atoms with Gasteiger partial charge in [-0.1, -0.05) is 48.5 Å². The largest absolute Gasteiger partial charge is 0.478 e. The molecule has 1 N–H and O–H groups in total. The zero-order valence-electron chi connectivity index (χ0n) is 13.2. The van der Waals surface area contributed by atoms with E-state index >= 15 is 0 Å². The van der Waals surface area contributed by atoms with Crippen molar-refractivity contribution in [2.45, 2.75) is 13.5 Å². The fraction of sp³-hybridized carbons (Fsp3) is 0.211. The topological polar surface area (TPSA) is 40.5 Å². The van der Waals surface area contributed by atoms with E-state index in [1.807, 2.05) is 24.3 Å². The Morgan fingerprint density at radius 1 is 1.00 bits per heavy atom. The van der Waals surface area contributed by atoms with E-state index in [9.17, 15) is 4.79 Å². The van der Waals surface area contributed by atoms with Gasteiger partial charge in [0.25, 0.3) is 0 Å². The summed E-state index contributed by atoms with van der Waals surface area (Å²) in [4.78, 5) is 12.8. The Morgan fingerprint density at radius 2 is 1.50 bits per heavy atom. The molecule has 0 aliphatic heterocycles. The van der Waals surface area contributed by atoms with Gasteiger partial charge in [0.1, 0.15) is 0 Å². The minimum atomic E-state index is -0.918. The zero-order chi connectivity index (χ0) is 16.1. The van der Waals surface area contributed by atoms with Gasteiger partial charge in [-0.25, -0.2) is 4.79 Å². The maximum atomic E-state index is 10.7. The molecule has 0 fully saturated rings. The van der Waals surface area contributed by atoms with Crippen molar-refractivity contribution in [1.29, 1.82) is 0 Å². The van der Waals surface area contributed by atoms with Crippen LogP contribution in [0.4, 0.5) is 0 Å². The van der Waals surface area contributed by atoms with Gasteiger partial charge in [0.05, 0.1) is 0 Å². The summed E-state index contributed by atoms with van der Waals surface area (Å²) >= 11 is 0. The van der Waals surface area contributed by atoms with Crippen LogP contribution < -0.4 is 0 Å². The molecule has 0 aromatic heterocycles. The zero-order valence-corrected chi connectivity index (χ0v) is 13.2. The van der Waals surface area contributed by atoms with Gasteiger partial charge in [0.15, 0.2) is 0 Å². The van der Waals surface area contributed by atoms with Crippen molar-refractivity contribution in [3.8, 4) is 11.1 Å². The number of allylic oxidation sites excluding steroid dienone is 1. The number of hydrogen-bond acceptors (Lipinski definition) is 2. The standard InChI is InChI=1S/C19H21NO2/c1-14(12-19(21)22)16-8-10-18(11-9-16)17-6-4-15(5-7-17)13-20(2)3/h4-12H,13H2,1-3H3,(H,21,22)/b14-12+. The summed E-state index contributed by atoms with van der Waals surface area (Å²) in [6.45, 7) is 2.73. The summed E-state index contributed by atoms with van der Waals surface area (Å²) in [7, 11) is 4.11. The quantitative estimate of drug-likeness (QED) is 0.850. The van der Waals surface area contributed by atoms with Crippen molar-refractivity contribution in [2.24, 2.45) is 0 Å². The van der Waals surface area contributed by atoms with Crippen LogP contribution in [0.15, 0.2) is 54.6 Å². The third-order valence-corrected chi connectivity index (χ3v) is 3.47. The van der Waals surface area contributed by atoms with Crippen LogP contribution in [-0.2, 0) is 11.3 Å². The van der Waals surface area contributed by atoms with Gasteiger partial charge >= 0.3 is 5.97 Å². The van der Waals surface area contributed by atoms with Gasteiger partial charge in [0.2, 0.25) is 0 Å². The monoisotopic (exact) mass is 295 g/mol. The van der Waals surface area contributed by atoms with Crippen molar-refractivity contribution in [3.05, 3.63) is 65.7 Å². The minimum absolute atomic E-state index is 0.750. The lowest BCUT2D eigenvalue weighted by molar-refractivity contribution is -0.131. The predicted octanol–water partition coefficient (Wildman–Crippen LogP) is 3.90. The second-order valence-electron chi connectivity index (χ2n) is 5.68. The molecule has 0 aliphatic rings. The van der Waals surface area contributed by atoms with Crippen molar-refractivity contribution < 1.29 is 9.90 Å². The first-order valence-electron chi connectivity index (χ1n) is 7.21. The first-order valence-corrected chi connectivity index (χ1v) is 7.21. The molecule has 0 atom stereocenters. The van der Waals surface area contributed by atoms with E-state index in [0.29, 0.717) is 0 Å². The minimum Gasteiger partial charge on any atom is -0.478 e. The summed E-state index contributed by atoms with van der Waals surface area (Å²) in [5, 5.41) is 8.79. The van der Waals surface area contributed by atoms with Crippen LogP contribution in [0.25, 0.3) is 16.7 Å². The Bertz CT molecular complexity index is 668. The number of aliphatic carboxylic acids is 1. The molecule has 0 heterocycles. The number of carbonyl (C=O) groups is 1. The average molecular weight is 295 g/mol. The van der Waals surface area contributed by atoms with E-state index in [1.165, 1.54) is 11.6 Å². The van der Waals surface area contributed by atoms with E-state index in [-0.39, 0.29) is 0 Å². The molecule has 22 heavy (non-hydrogen) atoms. The van der Waals surface area contributed by atoms with Gasteiger partial charge < -0.3 is 10.0 Å². The molecule has 0 saturated carbocycles. The highest BCUT2D eigenvalue weighted by molar-refractivity contribution is 5.89. The third-order valence-electron chi connectivity index (χ3n) is 3.47. The van der Waals surface area contributed by atoms with Crippen molar-refractivity contribution in [3.63, 3.8) is 0 Å². The third kappa shape index (κ3) is 4.30. The van der Waals surface area contributed by atoms with Crippen LogP contribution in [0.2, 0.25) is 0 Å². The van der Waals surface area contributed by atoms with Crippen LogP contribution in [0.5, 0.6) is 0 Å². The number of carboxylic acids is 1. The molecule has 2 aromatic carbocycles. The molecule has 0 bridgehead atoms. The van der Waals surface area contributed by atoms with E-state index < -0.39 is 5.97 Å². The molecular formula is C19H21NO2. The average Bonchev–Trinajstić information content (AvgIpc) is 2.47. The molecule has 0 unspecified atom stereocenters. The van der Waals surface area contributed by atoms with Crippen LogP contribution in [0, 0.1) is 0 Å². The lowest BCUT2D eigenvalue weighted by Crippen LogP contribution is -2.10. The fourth-order valence-corrected chi connectivity index (χ4v) is 2.36. The highest BCUT2D eigenvalue weighted by Gasteiger charge is 2.02. The highest BCUT2D eigenvalue weighted by atomic mass is 16.4. The summed E-state index contributed by atoms with van der Waals surface area (Å²) in [5.41, 5.74) is 5.25. The molecule has 0 amide bonds. The summed E-state index contributed by atoms with van der Waals surface area (Å²) < 4.78 is 0. The molecule has 0 spiro atoms. The van der Waals surface area contributed by atoms with Crippen molar-refractivity contribution in [1.82, 2.24) is 4.90 Å². The molecule has 0 saturated heterocycles. The van der Waals surface area contributed by atoms with Crippen LogP contribution in [0.3, 0.4) is 0 Å². The molecule has 114 valence electrons. The first-order chi connectivity index (χ1) is 10.5.